The van der Waals surface area contributed by atoms with Gasteiger partial charge in [0.05, 0.1) is 20.3 Å². The van der Waals surface area contributed by atoms with E-state index in [9.17, 15) is 0 Å². The van der Waals surface area contributed by atoms with E-state index in [-0.39, 0.29) is 0 Å². The molecule has 0 N–H and O–H groups in total. The number of nitrogens with zero attached hydrogens (tertiary/aromatic N) is 6. The van der Waals surface area contributed by atoms with Gasteiger partial charge in [-0.2, -0.15) is 9.97 Å². The van der Waals surface area contributed by atoms with E-state index in [2.05, 4.69) is 29.7 Å². The van der Waals surface area contributed by atoms with E-state index < -0.39 is 0 Å². The minimum Gasteiger partial charge on any atom is -0.481 e. The van der Waals surface area contributed by atoms with Gasteiger partial charge in [-0.15, -0.1) is 0 Å². The number of hydrogen-bond acceptors (Lipinski definition) is 8. The summed E-state index contributed by atoms with van der Waals surface area (Å²) in [6, 6.07) is 3.48. The summed E-state index contributed by atoms with van der Waals surface area (Å²) in [5.41, 5.74) is 0. The summed E-state index contributed by atoms with van der Waals surface area (Å²) < 4.78 is 10.4. The lowest BCUT2D eigenvalue weighted by atomic mass is 10.3. The van der Waals surface area contributed by atoms with E-state index in [4.69, 9.17) is 9.47 Å². The van der Waals surface area contributed by atoms with Crippen LogP contribution in [0.3, 0.4) is 0 Å². The van der Waals surface area contributed by atoms with Crippen molar-refractivity contribution in [2.24, 2.45) is 0 Å². The molecule has 2 aromatic rings. The van der Waals surface area contributed by atoms with Crippen molar-refractivity contribution in [2.75, 3.05) is 50.2 Å². The highest BCUT2D eigenvalue weighted by molar-refractivity contribution is 5.40. The Morgan fingerprint density at radius 1 is 0.818 bits per heavy atom. The average molecular weight is 302 g/mol. The van der Waals surface area contributed by atoms with Crippen LogP contribution in [-0.2, 0) is 0 Å². The number of aromatic nitrogens is 4. The van der Waals surface area contributed by atoms with Crippen molar-refractivity contribution in [2.45, 2.75) is 0 Å². The second-order valence-corrected chi connectivity index (χ2v) is 4.78. The smallest absolute Gasteiger partial charge is 0.232 e. The van der Waals surface area contributed by atoms with E-state index in [0.29, 0.717) is 17.7 Å². The SMILES string of the molecule is COc1cc(OC)nc(N2CCN(c3ncccn3)CC2)n1. The fraction of sp³-hybridized carbons (Fsp3) is 0.429. The molecule has 0 unspecified atom stereocenters. The second-order valence-electron chi connectivity index (χ2n) is 4.78. The minimum absolute atomic E-state index is 0.496. The molecule has 22 heavy (non-hydrogen) atoms. The lowest BCUT2D eigenvalue weighted by Gasteiger charge is -2.34. The van der Waals surface area contributed by atoms with Gasteiger partial charge < -0.3 is 19.3 Å². The van der Waals surface area contributed by atoms with Crippen molar-refractivity contribution in [3.05, 3.63) is 24.5 Å². The van der Waals surface area contributed by atoms with Crippen molar-refractivity contribution in [3.8, 4) is 11.8 Å². The molecule has 8 heteroatoms. The van der Waals surface area contributed by atoms with Crippen LogP contribution in [0.25, 0.3) is 0 Å². The third-order valence-corrected chi connectivity index (χ3v) is 3.48. The molecule has 0 bridgehead atoms. The maximum atomic E-state index is 5.19. The third-order valence-electron chi connectivity index (χ3n) is 3.48. The first-order valence-corrected chi connectivity index (χ1v) is 7.04. The highest BCUT2D eigenvalue weighted by atomic mass is 16.5. The molecule has 0 amide bonds. The predicted octanol–water partition coefficient (Wildman–Crippen LogP) is 0.610. The van der Waals surface area contributed by atoms with Crippen molar-refractivity contribution >= 4 is 11.9 Å². The molecule has 1 aliphatic rings. The first kappa shape index (κ1) is 14.3. The quantitative estimate of drug-likeness (QED) is 0.813. The molecule has 0 radical (unpaired) electrons. The van der Waals surface area contributed by atoms with Crippen molar-refractivity contribution in [1.82, 2.24) is 19.9 Å². The summed E-state index contributed by atoms with van der Waals surface area (Å²) in [6.45, 7) is 3.20. The van der Waals surface area contributed by atoms with Gasteiger partial charge >= 0.3 is 0 Å². The van der Waals surface area contributed by atoms with Crippen LogP contribution < -0.4 is 19.3 Å². The van der Waals surface area contributed by atoms with Crippen LogP contribution in [0.5, 0.6) is 11.8 Å². The number of methoxy groups -OCH3 is 2. The first-order chi connectivity index (χ1) is 10.8. The highest BCUT2D eigenvalue weighted by Gasteiger charge is 2.21. The number of piperazine rings is 1. The van der Waals surface area contributed by atoms with E-state index in [1.807, 2.05) is 6.07 Å². The standard InChI is InChI=1S/C14H18N6O2/c1-21-11-10-12(22-2)18-14(17-11)20-8-6-19(7-9-20)13-15-4-3-5-16-13/h3-5,10H,6-9H2,1-2H3. The van der Waals surface area contributed by atoms with Crippen molar-refractivity contribution < 1.29 is 9.47 Å². The normalized spacial score (nSPS) is 14.8. The maximum Gasteiger partial charge on any atom is 0.232 e. The Bertz CT molecular complexity index is 594. The predicted molar refractivity (Wildman–Crippen MR) is 81.6 cm³/mol. The Balaban J connectivity index is 1.71. The van der Waals surface area contributed by atoms with Crippen LogP contribution in [0.2, 0.25) is 0 Å². The molecule has 0 aliphatic carbocycles. The maximum absolute atomic E-state index is 5.19. The summed E-state index contributed by atoms with van der Waals surface area (Å²) in [4.78, 5) is 21.6. The molecular weight excluding hydrogens is 284 g/mol. The lowest BCUT2D eigenvalue weighted by Crippen LogP contribution is -2.47. The minimum atomic E-state index is 0.496. The van der Waals surface area contributed by atoms with Crippen molar-refractivity contribution in [3.63, 3.8) is 0 Å². The van der Waals surface area contributed by atoms with E-state index in [0.717, 1.165) is 32.1 Å². The fourth-order valence-electron chi connectivity index (χ4n) is 2.30. The van der Waals surface area contributed by atoms with Gasteiger partial charge in [-0.25, -0.2) is 9.97 Å². The van der Waals surface area contributed by atoms with E-state index >= 15 is 0 Å². The zero-order valence-electron chi connectivity index (χ0n) is 12.6. The Hall–Kier alpha value is -2.64. The Morgan fingerprint density at radius 2 is 1.32 bits per heavy atom. The van der Waals surface area contributed by atoms with Gasteiger partial charge in [0.1, 0.15) is 0 Å². The molecule has 8 nitrogen and oxygen atoms in total. The highest BCUT2D eigenvalue weighted by Crippen LogP contribution is 2.21. The average Bonchev–Trinajstić information content (AvgIpc) is 2.62. The van der Waals surface area contributed by atoms with Crippen LogP contribution in [0.15, 0.2) is 24.5 Å². The van der Waals surface area contributed by atoms with Crippen LogP contribution in [-0.4, -0.2) is 60.3 Å². The Morgan fingerprint density at radius 3 is 1.82 bits per heavy atom. The molecule has 0 atom stereocenters. The zero-order valence-corrected chi connectivity index (χ0v) is 12.6. The monoisotopic (exact) mass is 302 g/mol. The molecular formula is C14H18N6O2. The number of anilines is 2. The Kier molecular flexibility index (Phi) is 4.17. The number of hydrogen-bond donors (Lipinski definition) is 0. The summed E-state index contributed by atoms with van der Waals surface area (Å²) in [5.74, 6) is 2.36. The summed E-state index contributed by atoms with van der Waals surface area (Å²) in [5, 5.41) is 0. The summed E-state index contributed by atoms with van der Waals surface area (Å²) in [6.07, 6.45) is 3.51. The molecule has 1 aliphatic heterocycles. The van der Waals surface area contributed by atoms with Gasteiger partial charge in [-0.3, -0.25) is 0 Å². The number of rotatable bonds is 4. The molecule has 3 heterocycles. The summed E-state index contributed by atoms with van der Waals surface area (Å²) in [7, 11) is 3.16. The molecule has 0 aromatic carbocycles. The van der Waals surface area contributed by atoms with Crippen LogP contribution in [0.1, 0.15) is 0 Å². The van der Waals surface area contributed by atoms with Gasteiger partial charge in [-0.05, 0) is 6.07 Å². The van der Waals surface area contributed by atoms with Gasteiger partial charge in [0.2, 0.25) is 23.7 Å². The molecule has 1 fully saturated rings. The zero-order chi connectivity index (χ0) is 15.4. The topological polar surface area (TPSA) is 76.5 Å². The van der Waals surface area contributed by atoms with Crippen molar-refractivity contribution in [1.29, 1.82) is 0 Å². The molecule has 3 rings (SSSR count). The van der Waals surface area contributed by atoms with Gasteiger partial charge in [0, 0.05) is 38.6 Å². The van der Waals surface area contributed by atoms with Gasteiger partial charge in [-0.1, -0.05) is 0 Å². The van der Waals surface area contributed by atoms with E-state index in [1.54, 1.807) is 32.7 Å². The fourth-order valence-corrected chi connectivity index (χ4v) is 2.30. The lowest BCUT2D eigenvalue weighted by molar-refractivity contribution is 0.371. The molecule has 116 valence electrons. The van der Waals surface area contributed by atoms with Gasteiger partial charge in [0.15, 0.2) is 0 Å². The summed E-state index contributed by atoms with van der Waals surface area (Å²) >= 11 is 0. The third kappa shape index (κ3) is 3.00. The molecule has 0 spiro atoms. The molecule has 0 saturated carbocycles. The van der Waals surface area contributed by atoms with Gasteiger partial charge in [0.25, 0.3) is 0 Å². The van der Waals surface area contributed by atoms with Crippen LogP contribution >= 0.6 is 0 Å². The Labute approximate surface area is 128 Å². The first-order valence-electron chi connectivity index (χ1n) is 7.04. The van der Waals surface area contributed by atoms with Crippen LogP contribution in [0.4, 0.5) is 11.9 Å². The molecule has 1 saturated heterocycles. The molecule has 2 aromatic heterocycles. The van der Waals surface area contributed by atoms with E-state index in [1.165, 1.54) is 0 Å². The van der Waals surface area contributed by atoms with Crippen LogP contribution in [0, 0.1) is 0 Å². The number of ether oxygens (including phenoxy) is 2. The largest absolute Gasteiger partial charge is 0.481 e. The second kappa shape index (κ2) is 6.42.